The zero-order valence-corrected chi connectivity index (χ0v) is 21.6. The topological polar surface area (TPSA) is 149 Å². The number of nitrogens with one attached hydrogen (secondary N) is 1. The monoisotopic (exact) mass is 545 g/mol. The summed E-state index contributed by atoms with van der Waals surface area (Å²) in [6, 6.07) is 28.0. The van der Waals surface area contributed by atoms with Crippen LogP contribution in [0.4, 0.5) is 4.79 Å². The number of aliphatic hydroxyl groups is 3. The molecule has 3 aromatic rings. The van der Waals surface area contributed by atoms with Crippen LogP contribution in [0.5, 0.6) is 0 Å². The Morgan fingerprint density at radius 2 is 1.43 bits per heavy atom. The van der Waals surface area contributed by atoms with Gasteiger partial charge in [0, 0.05) is 7.11 Å². The predicted molar refractivity (Wildman–Crippen MR) is 142 cm³/mol. The second kappa shape index (κ2) is 11.4. The van der Waals surface area contributed by atoms with E-state index in [2.05, 4.69) is 10.3 Å². The standard InChI is InChI=1S/C29H28N4O7/c1-38-26-22(32-30)25(36)31-28(37)33(26)27-24(35)23(34)21(40-27)17-39-29(18-11-5-2-6-12-18,19-13-7-3-8-14-19)20-15-9-4-10-16-20/h2-16,21,23-24,26-27,34-35H,17H2,1H3,(H-,31,36,37)/p+1. The summed E-state index contributed by atoms with van der Waals surface area (Å²) < 4.78 is 18.0. The van der Waals surface area contributed by atoms with E-state index < -0.39 is 54.0 Å². The fourth-order valence-electron chi connectivity index (χ4n) is 5.23. The van der Waals surface area contributed by atoms with Crippen molar-refractivity contribution in [2.45, 2.75) is 36.4 Å². The zero-order chi connectivity index (χ0) is 28.3. The molecular formula is C29H29N4O7+. The Kier molecular flexibility index (Phi) is 7.79. The number of ether oxygens (including phenoxy) is 3. The third kappa shape index (κ3) is 4.68. The molecule has 2 aliphatic heterocycles. The number of urea groups is 1. The van der Waals surface area contributed by atoms with E-state index >= 15 is 0 Å². The van der Waals surface area contributed by atoms with Crippen LogP contribution >= 0.6 is 0 Å². The third-order valence-corrected chi connectivity index (χ3v) is 7.14. The second-order valence-corrected chi connectivity index (χ2v) is 9.40. The van der Waals surface area contributed by atoms with Crippen molar-refractivity contribution in [2.24, 2.45) is 0 Å². The van der Waals surface area contributed by atoms with Gasteiger partial charge < -0.3 is 29.5 Å². The number of carbonyl (C=O) groups excluding carboxylic acids is 1. The lowest BCUT2D eigenvalue weighted by Crippen LogP contribution is -2.59. The first kappa shape index (κ1) is 27.3. The second-order valence-electron chi connectivity index (χ2n) is 9.40. The molecule has 3 aromatic carbocycles. The minimum absolute atomic E-state index is 0.182. The summed E-state index contributed by atoms with van der Waals surface area (Å²) in [5.74, 6) is -0.707. The first-order valence-corrected chi connectivity index (χ1v) is 12.6. The third-order valence-electron chi connectivity index (χ3n) is 7.14. The number of nitrogens with zero attached hydrogens (tertiary/aromatic N) is 3. The smallest absolute Gasteiger partial charge is 0.469 e. The number of benzene rings is 3. The molecule has 1 fully saturated rings. The summed E-state index contributed by atoms with van der Waals surface area (Å²) in [4.78, 5) is 16.7. The van der Waals surface area contributed by atoms with Crippen LogP contribution in [0.1, 0.15) is 16.7 Å². The van der Waals surface area contributed by atoms with Gasteiger partial charge in [-0.15, -0.1) is 0 Å². The Balaban J connectivity index is 1.49. The van der Waals surface area contributed by atoms with Crippen LogP contribution in [-0.4, -0.2) is 70.7 Å². The SMILES string of the molecule is COC1C([N+]#N)=C(O)NC(=O)N1C1OC(COC(c2ccccc2)(c2ccccc2)c2ccccc2)C(O)C1O. The van der Waals surface area contributed by atoms with Gasteiger partial charge in [0.05, 0.1) is 6.61 Å². The van der Waals surface area contributed by atoms with E-state index in [1.165, 1.54) is 7.11 Å². The number of methoxy groups -OCH3 is 1. The quantitative estimate of drug-likeness (QED) is 0.249. The largest absolute Gasteiger partial charge is 0.489 e. The molecule has 2 amide bonds. The van der Waals surface area contributed by atoms with Gasteiger partial charge in [0.2, 0.25) is 5.39 Å². The molecule has 40 heavy (non-hydrogen) atoms. The first-order chi connectivity index (χ1) is 19.4. The lowest BCUT2D eigenvalue weighted by molar-refractivity contribution is -0.141. The normalized spacial score (nSPS) is 25.0. The molecule has 0 aliphatic carbocycles. The maximum atomic E-state index is 12.8. The van der Waals surface area contributed by atoms with Gasteiger partial charge in [-0.1, -0.05) is 91.0 Å². The van der Waals surface area contributed by atoms with Gasteiger partial charge in [-0.25, -0.2) is 4.79 Å². The van der Waals surface area contributed by atoms with E-state index in [0.717, 1.165) is 21.6 Å². The summed E-state index contributed by atoms with van der Waals surface area (Å²) in [5, 5.41) is 43.4. The number of aliphatic hydroxyl groups excluding tert-OH is 3. The predicted octanol–water partition coefficient (Wildman–Crippen LogP) is 3.02. The number of amides is 2. The maximum Gasteiger partial charge on any atom is 0.469 e. The van der Waals surface area contributed by atoms with Crippen LogP contribution in [0.15, 0.2) is 103 Å². The zero-order valence-electron chi connectivity index (χ0n) is 21.6. The first-order valence-electron chi connectivity index (χ1n) is 12.6. The summed E-state index contributed by atoms with van der Waals surface area (Å²) in [7, 11) is 1.22. The molecule has 4 N–H and O–H groups in total. The number of hydrogen-bond donors (Lipinski definition) is 4. The maximum absolute atomic E-state index is 12.8. The van der Waals surface area contributed by atoms with Crippen molar-refractivity contribution < 1.29 is 34.3 Å². The molecule has 0 spiro atoms. The number of hydrogen-bond acceptors (Lipinski definition) is 8. The summed E-state index contributed by atoms with van der Waals surface area (Å²) in [6.45, 7) is -0.182. The number of diazo groups is 1. The minimum Gasteiger partial charge on any atom is -0.489 e. The molecule has 1 saturated heterocycles. The molecule has 11 heteroatoms. The van der Waals surface area contributed by atoms with Crippen LogP contribution < -0.4 is 5.32 Å². The summed E-state index contributed by atoms with van der Waals surface area (Å²) in [6.07, 6.45) is -6.92. The lowest BCUT2D eigenvalue weighted by atomic mass is 9.80. The van der Waals surface area contributed by atoms with Gasteiger partial charge in [0.15, 0.2) is 11.2 Å². The highest BCUT2D eigenvalue weighted by atomic mass is 16.6. The van der Waals surface area contributed by atoms with Crippen LogP contribution in [-0.2, 0) is 19.8 Å². The van der Waals surface area contributed by atoms with E-state index in [4.69, 9.17) is 14.2 Å². The fraction of sp³-hybridized carbons (Fsp3) is 0.276. The van der Waals surface area contributed by atoms with Gasteiger partial charge in [-0.2, -0.15) is 0 Å². The highest BCUT2D eigenvalue weighted by molar-refractivity contribution is 5.78. The van der Waals surface area contributed by atoms with Crippen LogP contribution in [0.3, 0.4) is 0 Å². The Labute approximate surface area is 230 Å². The average Bonchev–Trinajstić information content (AvgIpc) is 3.27. The van der Waals surface area contributed by atoms with E-state index in [1.807, 2.05) is 91.0 Å². The number of carbonyl (C=O) groups is 1. The molecule has 0 aromatic heterocycles. The van der Waals surface area contributed by atoms with Crippen molar-refractivity contribution >= 4 is 6.03 Å². The van der Waals surface area contributed by atoms with Gasteiger partial charge >= 0.3 is 11.7 Å². The van der Waals surface area contributed by atoms with E-state index in [-0.39, 0.29) is 6.61 Å². The van der Waals surface area contributed by atoms with Gasteiger partial charge in [0.25, 0.3) is 12.1 Å². The summed E-state index contributed by atoms with van der Waals surface area (Å²) in [5.41, 5.74) is 0.999. The molecular weight excluding hydrogens is 516 g/mol. The summed E-state index contributed by atoms with van der Waals surface area (Å²) >= 11 is 0. The Bertz CT molecular complexity index is 1300. The average molecular weight is 546 g/mol. The van der Waals surface area contributed by atoms with Crippen molar-refractivity contribution in [1.29, 1.82) is 5.39 Å². The number of rotatable bonds is 8. The molecule has 2 heterocycles. The molecule has 206 valence electrons. The Morgan fingerprint density at radius 1 is 0.925 bits per heavy atom. The van der Waals surface area contributed by atoms with Gasteiger partial charge in [0.1, 0.15) is 23.9 Å². The molecule has 5 unspecified atom stereocenters. The van der Waals surface area contributed by atoms with Crippen molar-refractivity contribution in [2.75, 3.05) is 13.7 Å². The van der Waals surface area contributed by atoms with Crippen LogP contribution in [0.2, 0.25) is 0 Å². The molecule has 0 bridgehead atoms. The van der Waals surface area contributed by atoms with Crippen molar-refractivity contribution in [3.05, 3.63) is 124 Å². The Morgan fingerprint density at radius 3 is 1.88 bits per heavy atom. The molecule has 2 aliphatic rings. The highest BCUT2D eigenvalue weighted by Crippen LogP contribution is 2.41. The van der Waals surface area contributed by atoms with E-state index in [0.29, 0.717) is 0 Å². The van der Waals surface area contributed by atoms with Gasteiger partial charge in [-0.05, 0) is 16.7 Å². The van der Waals surface area contributed by atoms with E-state index in [9.17, 15) is 25.5 Å². The van der Waals surface area contributed by atoms with Crippen molar-refractivity contribution in [3.63, 3.8) is 0 Å². The molecule has 0 radical (unpaired) electrons. The van der Waals surface area contributed by atoms with Crippen LogP contribution in [0, 0.1) is 5.39 Å². The molecule has 11 nitrogen and oxygen atoms in total. The molecule has 5 rings (SSSR count). The van der Waals surface area contributed by atoms with Crippen molar-refractivity contribution in [1.82, 2.24) is 10.2 Å². The molecule has 0 saturated carbocycles. The highest BCUT2D eigenvalue weighted by Gasteiger charge is 2.55. The van der Waals surface area contributed by atoms with Gasteiger partial charge in [-0.3, -0.25) is 10.2 Å². The Hall–Kier alpha value is -4.31. The van der Waals surface area contributed by atoms with E-state index in [1.54, 1.807) is 0 Å². The van der Waals surface area contributed by atoms with Crippen LogP contribution in [0.25, 0.3) is 4.98 Å². The lowest BCUT2D eigenvalue weighted by Gasteiger charge is -2.37. The van der Waals surface area contributed by atoms with Crippen molar-refractivity contribution in [3.8, 4) is 0 Å². The fourth-order valence-corrected chi connectivity index (χ4v) is 5.23. The molecule has 5 atom stereocenters. The minimum atomic E-state index is -1.57.